The molecule has 82 valence electrons. The number of thiol groups is 1. The molecule has 2 aromatic carbocycles. The molecular formula is C13H14AsNS. The number of rotatable bonds is 2. The number of hydrogen-bond acceptors (Lipinski definition) is 2. The van der Waals surface area contributed by atoms with Crippen molar-refractivity contribution in [2.75, 3.05) is 5.73 Å². The normalized spacial score (nSPS) is 12.4. The summed E-state index contributed by atoms with van der Waals surface area (Å²) < 4.78 is 1.33. The minimum atomic E-state index is 0.119. The first kappa shape index (κ1) is 11.6. The predicted octanol–water partition coefficient (Wildman–Crippen LogP) is 1.55. The van der Waals surface area contributed by atoms with Crippen LogP contribution in [0, 0.1) is 0 Å². The zero-order chi connectivity index (χ0) is 11.5. The molecule has 2 rings (SSSR count). The molecule has 0 aromatic heterocycles. The van der Waals surface area contributed by atoms with Crippen LogP contribution in [0.1, 0.15) is 16.4 Å². The maximum absolute atomic E-state index is 5.66. The van der Waals surface area contributed by atoms with E-state index in [4.69, 9.17) is 5.73 Å². The number of hydrogen-bond donors (Lipinski definition) is 2. The summed E-state index contributed by atoms with van der Waals surface area (Å²) in [6.07, 6.45) is 0. The van der Waals surface area contributed by atoms with Gasteiger partial charge in [0.15, 0.2) is 0 Å². The van der Waals surface area contributed by atoms with Crippen LogP contribution in [0.5, 0.6) is 0 Å². The summed E-state index contributed by atoms with van der Waals surface area (Å²) in [6.45, 7) is 0. The Labute approximate surface area is 110 Å². The average molecular weight is 291 g/mol. The molecule has 2 aromatic rings. The summed E-state index contributed by atoms with van der Waals surface area (Å²) in [5.41, 5.74) is 8.84. The molecule has 0 amide bonds. The molecule has 1 nitrogen and oxygen atoms in total. The predicted molar refractivity (Wildman–Crippen MR) is 76.3 cm³/mol. The zero-order valence-electron chi connectivity index (χ0n) is 8.80. The Kier molecular flexibility index (Phi) is 3.62. The van der Waals surface area contributed by atoms with Crippen LogP contribution in [-0.4, -0.2) is 16.9 Å². The fourth-order valence-corrected chi connectivity index (χ4v) is 2.30. The van der Waals surface area contributed by atoms with Crippen LogP contribution in [0.15, 0.2) is 48.5 Å². The standard InChI is InChI=1S/C13H14AsNS/c14-11-5-1-9(2-6-11)13(16)10-3-7-12(15)8-4-10/h1-8,13,16H,14-15H2. The van der Waals surface area contributed by atoms with Gasteiger partial charge in [-0.25, -0.2) is 0 Å². The van der Waals surface area contributed by atoms with Gasteiger partial charge in [0, 0.05) is 0 Å². The van der Waals surface area contributed by atoms with Gasteiger partial charge in [-0.3, -0.25) is 0 Å². The van der Waals surface area contributed by atoms with Crippen LogP contribution in [0.3, 0.4) is 0 Å². The van der Waals surface area contributed by atoms with Crippen molar-refractivity contribution >= 4 is 39.5 Å². The van der Waals surface area contributed by atoms with Crippen molar-refractivity contribution in [3.63, 3.8) is 0 Å². The molecule has 0 aliphatic rings. The van der Waals surface area contributed by atoms with E-state index in [9.17, 15) is 0 Å². The Morgan fingerprint density at radius 2 is 1.31 bits per heavy atom. The molecule has 0 aliphatic carbocycles. The molecule has 2 atom stereocenters. The van der Waals surface area contributed by atoms with E-state index in [2.05, 4.69) is 36.9 Å². The summed E-state index contributed by atoms with van der Waals surface area (Å²) in [6, 6.07) is 16.4. The Morgan fingerprint density at radius 3 is 1.81 bits per heavy atom. The third-order valence-corrected chi connectivity index (χ3v) is 3.91. The summed E-state index contributed by atoms with van der Waals surface area (Å²) in [7, 11) is 0. The van der Waals surface area contributed by atoms with E-state index < -0.39 is 0 Å². The monoisotopic (exact) mass is 291 g/mol. The van der Waals surface area contributed by atoms with Crippen LogP contribution in [0.2, 0.25) is 0 Å². The van der Waals surface area contributed by atoms with Gasteiger partial charge in [-0.05, 0) is 0 Å². The number of nitrogens with two attached hydrogens (primary N) is 1. The van der Waals surface area contributed by atoms with Gasteiger partial charge < -0.3 is 0 Å². The van der Waals surface area contributed by atoms with E-state index in [1.807, 2.05) is 24.3 Å². The van der Waals surface area contributed by atoms with Gasteiger partial charge >= 0.3 is 110 Å². The number of nitrogen functional groups attached to an aromatic ring is 1. The van der Waals surface area contributed by atoms with E-state index in [1.54, 1.807) is 16.9 Å². The molecule has 0 radical (unpaired) electrons. The molecule has 0 heterocycles. The van der Waals surface area contributed by atoms with E-state index in [0.717, 1.165) is 5.69 Å². The summed E-state index contributed by atoms with van der Waals surface area (Å²) in [5, 5.41) is 0.119. The SMILES string of the molecule is Nc1ccc(C(S)c2ccc([AsH2])cc2)cc1. The van der Waals surface area contributed by atoms with Crippen LogP contribution < -0.4 is 10.1 Å². The molecule has 0 bridgehead atoms. The maximum atomic E-state index is 5.66. The molecule has 16 heavy (non-hydrogen) atoms. The molecule has 3 heteroatoms. The molecule has 2 unspecified atom stereocenters. The van der Waals surface area contributed by atoms with E-state index >= 15 is 0 Å². The third-order valence-electron chi connectivity index (χ3n) is 2.50. The second kappa shape index (κ2) is 4.99. The van der Waals surface area contributed by atoms with Gasteiger partial charge in [0.05, 0.1) is 0 Å². The van der Waals surface area contributed by atoms with Crippen molar-refractivity contribution < 1.29 is 0 Å². The van der Waals surface area contributed by atoms with Crippen molar-refractivity contribution in [1.82, 2.24) is 0 Å². The van der Waals surface area contributed by atoms with E-state index in [-0.39, 0.29) is 5.25 Å². The Bertz CT molecular complexity index is 419. The van der Waals surface area contributed by atoms with E-state index in [0.29, 0.717) is 0 Å². The molecule has 0 saturated carbocycles. The Hall–Kier alpha value is -0.852. The third kappa shape index (κ3) is 2.63. The van der Waals surface area contributed by atoms with Crippen LogP contribution in [-0.2, 0) is 0 Å². The summed E-state index contributed by atoms with van der Waals surface area (Å²) in [5.74, 6) is 0. The molecule has 0 saturated heterocycles. The van der Waals surface area contributed by atoms with E-state index in [1.165, 1.54) is 15.5 Å². The summed E-state index contributed by atoms with van der Waals surface area (Å²) >= 11 is 6.28. The van der Waals surface area contributed by atoms with Gasteiger partial charge in [-0.15, -0.1) is 0 Å². The minimum absolute atomic E-state index is 0.119. The molecule has 2 N–H and O–H groups in total. The molecule has 0 fully saturated rings. The number of anilines is 1. The van der Waals surface area contributed by atoms with Gasteiger partial charge in [-0.1, -0.05) is 0 Å². The average Bonchev–Trinajstić information content (AvgIpc) is 2.30. The van der Waals surface area contributed by atoms with Crippen LogP contribution in [0.25, 0.3) is 0 Å². The van der Waals surface area contributed by atoms with Gasteiger partial charge in [0.25, 0.3) is 0 Å². The topological polar surface area (TPSA) is 26.0 Å². The summed E-state index contributed by atoms with van der Waals surface area (Å²) in [4.78, 5) is 0. The van der Waals surface area contributed by atoms with Crippen molar-refractivity contribution in [3.8, 4) is 0 Å². The number of benzene rings is 2. The first-order chi connectivity index (χ1) is 7.66. The fraction of sp³-hybridized carbons (Fsp3) is 0.0769. The Balaban J connectivity index is 2.28. The molecule has 0 spiro atoms. The molecule has 0 aliphatic heterocycles. The van der Waals surface area contributed by atoms with Gasteiger partial charge in [-0.2, -0.15) is 0 Å². The van der Waals surface area contributed by atoms with Gasteiger partial charge in [0.2, 0.25) is 0 Å². The van der Waals surface area contributed by atoms with Crippen molar-refractivity contribution in [3.05, 3.63) is 59.7 Å². The first-order valence-electron chi connectivity index (χ1n) is 5.06. The quantitative estimate of drug-likeness (QED) is 0.490. The second-order valence-corrected chi connectivity index (χ2v) is 5.65. The van der Waals surface area contributed by atoms with Crippen molar-refractivity contribution in [1.29, 1.82) is 0 Å². The molecular weight excluding hydrogens is 277 g/mol. The Morgan fingerprint density at radius 1 is 0.875 bits per heavy atom. The second-order valence-electron chi connectivity index (χ2n) is 3.74. The van der Waals surface area contributed by atoms with Crippen LogP contribution >= 0.6 is 12.6 Å². The van der Waals surface area contributed by atoms with Gasteiger partial charge in [0.1, 0.15) is 0 Å². The fourth-order valence-electron chi connectivity index (χ4n) is 1.55. The van der Waals surface area contributed by atoms with Crippen LogP contribution in [0.4, 0.5) is 5.69 Å². The van der Waals surface area contributed by atoms with Crippen molar-refractivity contribution in [2.24, 2.45) is 0 Å². The zero-order valence-corrected chi connectivity index (χ0v) is 12.1. The van der Waals surface area contributed by atoms with Crippen molar-refractivity contribution in [2.45, 2.75) is 5.25 Å². The first-order valence-corrected chi connectivity index (χ1v) is 6.78.